The molecule has 1 unspecified atom stereocenters. The number of carbonyl (C=O) groups excluding carboxylic acids is 1. The molecule has 1 aromatic carbocycles. The van der Waals surface area contributed by atoms with Gasteiger partial charge < -0.3 is 14.6 Å². The van der Waals surface area contributed by atoms with Gasteiger partial charge in [-0.1, -0.05) is 12.1 Å². The van der Waals surface area contributed by atoms with Crippen LogP contribution in [0.2, 0.25) is 0 Å². The molecule has 0 radical (unpaired) electrons. The zero-order valence-corrected chi connectivity index (χ0v) is 11.1. The van der Waals surface area contributed by atoms with Gasteiger partial charge in [-0.3, -0.25) is 5.32 Å². The van der Waals surface area contributed by atoms with E-state index in [-0.39, 0.29) is 5.76 Å². The molecule has 102 valence electrons. The fourth-order valence-corrected chi connectivity index (χ4v) is 1.68. The van der Waals surface area contributed by atoms with Crippen molar-refractivity contribution < 1.29 is 19.4 Å². The molecule has 1 aliphatic rings. The van der Waals surface area contributed by atoms with E-state index >= 15 is 0 Å². The van der Waals surface area contributed by atoms with Gasteiger partial charge in [-0.15, -0.1) is 0 Å². The van der Waals surface area contributed by atoms with Crippen molar-refractivity contribution >= 4 is 11.9 Å². The molecule has 5 nitrogen and oxygen atoms in total. The molecule has 0 aromatic heterocycles. The van der Waals surface area contributed by atoms with Crippen LogP contribution >= 0.6 is 0 Å². The lowest BCUT2D eigenvalue weighted by Gasteiger charge is -2.25. The highest BCUT2D eigenvalue weighted by Gasteiger charge is 2.24. The summed E-state index contributed by atoms with van der Waals surface area (Å²) in [5.74, 6) is 0.589. The Bertz CT molecular complexity index is 516. The van der Waals surface area contributed by atoms with E-state index < -0.39 is 17.9 Å². The minimum Gasteiger partial charge on any atom is -0.507 e. The third-order valence-electron chi connectivity index (χ3n) is 2.39. The Balaban J connectivity index is 2.06. The highest BCUT2D eigenvalue weighted by atomic mass is 16.6. The van der Waals surface area contributed by atoms with Gasteiger partial charge in [0, 0.05) is 6.08 Å². The molecule has 1 aromatic rings. The monoisotopic (exact) mass is 263 g/mol. The zero-order valence-electron chi connectivity index (χ0n) is 11.1. The molecule has 2 rings (SSSR count). The van der Waals surface area contributed by atoms with Gasteiger partial charge in [-0.05, 0) is 32.9 Å². The highest BCUT2D eigenvalue weighted by molar-refractivity contribution is 5.71. The predicted octanol–water partition coefficient (Wildman–Crippen LogP) is 2.83. The lowest BCUT2D eigenvalue weighted by molar-refractivity contribution is 0.0435. The number of hydrogen-bond donors (Lipinski definition) is 2. The van der Waals surface area contributed by atoms with Crippen molar-refractivity contribution in [3.8, 4) is 5.75 Å². The number of para-hydroxylation sites is 1. The molecular formula is C14H17NO4. The number of rotatable bonds is 1. The third-order valence-corrected chi connectivity index (χ3v) is 2.39. The molecule has 1 aliphatic heterocycles. The van der Waals surface area contributed by atoms with Crippen molar-refractivity contribution in [1.82, 2.24) is 5.32 Å². The van der Waals surface area contributed by atoms with Crippen LogP contribution in [0.15, 0.2) is 30.3 Å². The number of benzene rings is 1. The summed E-state index contributed by atoms with van der Waals surface area (Å²) in [7, 11) is 0. The quantitative estimate of drug-likeness (QED) is 0.817. The van der Waals surface area contributed by atoms with Gasteiger partial charge in [0.15, 0.2) is 6.23 Å². The summed E-state index contributed by atoms with van der Waals surface area (Å²) < 4.78 is 10.7. The van der Waals surface area contributed by atoms with Crippen LogP contribution in [0, 0.1) is 0 Å². The molecular weight excluding hydrogens is 246 g/mol. The standard InChI is InChI=1S/C14H17NO4/c1-14(2,3)19-13(17)15-12-8-10(16)9-6-4-5-7-11(9)18-12/h4-8,12,16H,1-3H3,(H,15,17). The third kappa shape index (κ3) is 3.40. The summed E-state index contributed by atoms with van der Waals surface area (Å²) in [5.41, 5.74) is 0.0207. The van der Waals surface area contributed by atoms with Gasteiger partial charge >= 0.3 is 6.09 Å². The van der Waals surface area contributed by atoms with Crippen LogP contribution in [0.1, 0.15) is 26.3 Å². The van der Waals surface area contributed by atoms with E-state index in [2.05, 4.69) is 5.32 Å². The van der Waals surface area contributed by atoms with Crippen molar-refractivity contribution in [2.24, 2.45) is 0 Å². The number of ether oxygens (including phenoxy) is 2. The number of alkyl carbamates (subject to hydrolysis) is 1. The second-order valence-corrected chi connectivity index (χ2v) is 5.23. The first-order chi connectivity index (χ1) is 8.85. The minimum absolute atomic E-state index is 0.0721. The van der Waals surface area contributed by atoms with Gasteiger partial charge in [0.05, 0.1) is 5.56 Å². The Hall–Kier alpha value is -2.17. The van der Waals surface area contributed by atoms with E-state index in [1.807, 2.05) is 0 Å². The van der Waals surface area contributed by atoms with Crippen LogP contribution in [0.25, 0.3) is 5.76 Å². The number of aliphatic hydroxyl groups is 1. The molecule has 19 heavy (non-hydrogen) atoms. The van der Waals surface area contributed by atoms with Crippen molar-refractivity contribution in [3.63, 3.8) is 0 Å². The first-order valence-corrected chi connectivity index (χ1v) is 6.01. The van der Waals surface area contributed by atoms with Gasteiger partial charge in [0.2, 0.25) is 0 Å². The number of carbonyl (C=O) groups is 1. The van der Waals surface area contributed by atoms with Crippen molar-refractivity contribution in [2.45, 2.75) is 32.6 Å². The molecule has 2 N–H and O–H groups in total. The van der Waals surface area contributed by atoms with Crippen LogP contribution in [-0.2, 0) is 4.74 Å². The van der Waals surface area contributed by atoms with E-state index in [1.165, 1.54) is 6.08 Å². The van der Waals surface area contributed by atoms with Crippen molar-refractivity contribution in [3.05, 3.63) is 35.9 Å². The average molecular weight is 263 g/mol. The summed E-state index contributed by atoms with van der Waals surface area (Å²) in [4.78, 5) is 11.6. The zero-order chi connectivity index (χ0) is 14.0. The SMILES string of the molecule is CC(C)(C)OC(=O)NC1C=C(O)c2ccccc2O1. The van der Waals surface area contributed by atoms with Crippen LogP contribution in [-0.4, -0.2) is 23.0 Å². The summed E-state index contributed by atoms with van der Waals surface area (Å²) in [5, 5.41) is 12.4. The maximum absolute atomic E-state index is 11.6. The van der Waals surface area contributed by atoms with E-state index in [0.717, 1.165) is 0 Å². The molecule has 0 fully saturated rings. The number of aliphatic hydroxyl groups excluding tert-OH is 1. The maximum Gasteiger partial charge on any atom is 0.410 e. The molecule has 0 spiro atoms. The minimum atomic E-state index is -0.746. The summed E-state index contributed by atoms with van der Waals surface area (Å²) >= 11 is 0. The first-order valence-electron chi connectivity index (χ1n) is 6.01. The second-order valence-electron chi connectivity index (χ2n) is 5.23. The molecule has 0 saturated heterocycles. The number of fused-ring (bicyclic) bond motifs is 1. The maximum atomic E-state index is 11.6. The lowest BCUT2D eigenvalue weighted by atomic mass is 10.1. The van der Waals surface area contributed by atoms with Gasteiger partial charge in [-0.2, -0.15) is 0 Å². The fourth-order valence-electron chi connectivity index (χ4n) is 1.68. The molecule has 1 atom stereocenters. The Morgan fingerprint density at radius 2 is 2.05 bits per heavy atom. The van der Waals surface area contributed by atoms with Crippen LogP contribution in [0.5, 0.6) is 5.75 Å². The van der Waals surface area contributed by atoms with E-state index in [4.69, 9.17) is 9.47 Å². The van der Waals surface area contributed by atoms with E-state index in [0.29, 0.717) is 11.3 Å². The lowest BCUT2D eigenvalue weighted by Crippen LogP contribution is -2.42. The molecule has 0 bridgehead atoms. The second kappa shape index (κ2) is 4.84. The normalized spacial score (nSPS) is 17.8. The number of hydrogen-bond acceptors (Lipinski definition) is 4. The van der Waals surface area contributed by atoms with Crippen LogP contribution in [0.4, 0.5) is 4.79 Å². The number of nitrogens with one attached hydrogen (secondary N) is 1. The summed E-state index contributed by atoms with van der Waals surface area (Å²) in [6, 6.07) is 7.06. The Morgan fingerprint density at radius 3 is 2.74 bits per heavy atom. The van der Waals surface area contributed by atoms with Gasteiger partial charge in [-0.25, -0.2) is 4.79 Å². The Morgan fingerprint density at radius 1 is 1.37 bits per heavy atom. The predicted molar refractivity (Wildman–Crippen MR) is 70.8 cm³/mol. The van der Waals surface area contributed by atoms with Crippen molar-refractivity contribution in [1.29, 1.82) is 0 Å². The van der Waals surface area contributed by atoms with E-state index in [1.54, 1.807) is 45.0 Å². The molecule has 1 heterocycles. The Kier molecular flexibility index (Phi) is 3.38. The smallest absolute Gasteiger partial charge is 0.410 e. The average Bonchev–Trinajstić information content (AvgIpc) is 2.26. The molecule has 1 amide bonds. The van der Waals surface area contributed by atoms with Crippen LogP contribution < -0.4 is 10.1 Å². The van der Waals surface area contributed by atoms with E-state index in [9.17, 15) is 9.90 Å². The summed E-state index contributed by atoms with van der Waals surface area (Å²) in [6.07, 6.45) is 0.0809. The number of amides is 1. The Labute approximate surface area is 111 Å². The first kappa shape index (κ1) is 13.3. The topological polar surface area (TPSA) is 67.8 Å². The largest absolute Gasteiger partial charge is 0.507 e. The highest BCUT2D eigenvalue weighted by Crippen LogP contribution is 2.29. The molecule has 0 aliphatic carbocycles. The molecule has 0 saturated carbocycles. The van der Waals surface area contributed by atoms with Crippen LogP contribution in [0.3, 0.4) is 0 Å². The van der Waals surface area contributed by atoms with Gasteiger partial charge in [0.1, 0.15) is 17.1 Å². The van der Waals surface area contributed by atoms with Crippen molar-refractivity contribution in [2.75, 3.05) is 0 Å². The fraction of sp³-hybridized carbons (Fsp3) is 0.357. The molecule has 5 heteroatoms. The van der Waals surface area contributed by atoms with Gasteiger partial charge in [0.25, 0.3) is 0 Å². The summed E-state index contributed by atoms with van der Waals surface area (Å²) in [6.45, 7) is 5.32.